The van der Waals surface area contributed by atoms with E-state index >= 15 is 0 Å². The van der Waals surface area contributed by atoms with Crippen molar-refractivity contribution >= 4 is 28.6 Å². The van der Waals surface area contributed by atoms with E-state index in [1.807, 2.05) is 37.3 Å². The lowest BCUT2D eigenvalue weighted by molar-refractivity contribution is -0.119. The molecule has 1 aromatic heterocycles. The molecule has 0 unspecified atom stereocenters. The van der Waals surface area contributed by atoms with Crippen LogP contribution in [0.3, 0.4) is 0 Å². The van der Waals surface area contributed by atoms with Gasteiger partial charge in [-0.05, 0) is 37.3 Å². The minimum absolute atomic E-state index is 0.00899. The Labute approximate surface area is 142 Å². The van der Waals surface area contributed by atoms with E-state index in [9.17, 15) is 13.6 Å². The van der Waals surface area contributed by atoms with Gasteiger partial charge in [0.1, 0.15) is 23.0 Å². The average molecular weight is 347 g/mol. The second-order valence-corrected chi connectivity index (χ2v) is 6.36. The van der Waals surface area contributed by atoms with Crippen LogP contribution in [-0.2, 0) is 4.79 Å². The minimum Gasteiger partial charge on any atom is -0.459 e. The highest BCUT2D eigenvalue weighted by atomic mass is 32.2. The summed E-state index contributed by atoms with van der Waals surface area (Å²) in [5.74, 6) is -0.720. The Balaban J connectivity index is 1.60. The third-order valence-electron chi connectivity index (χ3n) is 3.50. The van der Waals surface area contributed by atoms with Crippen LogP contribution in [0.25, 0.3) is 11.0 Å². The van der Waals surface area contributed by atoms with Crippen LogP contribution in [0.1, 0.15) is 18.7 Å². The number of halogens is 2. The highest BCUT2D eigenvalue weighted by Gasteiger charge is 2.15. The summed E-state index contributed by atoms with van der Waals surface area (Å²) in [4.78, 5) is 12.1. The third-order valence-corrected chi connectivity index (χ3v) is 4.53. The van der Waals surface area contributed by atoms with Crippen LogP contribution < -0.4 is 5.32 Å². The molecule has 3 rings (SSSR count). The molecule has 0 aliphatic carbocycles. The maximum atomic E-state index is 13.5. The van der Waals surface area contributed by atoms with Crippen LogP contribution in [-0.4, -0.2) is 11.7 Å². The molecule has 0 spiro atoms. The van der Waals surface area contributed by atoms with Gasteiger partial charge in [0.05, 0.1) is 11.8 Å². The number of nitrogens with one attached hydrogen (secondary N) is 1. The van der Waals surface area contributed by atoms with E-state index in [4.69, 9.17) is 4.42 Å². The molecule has 0 fully saturated rings. The number of hydrogen-bond acceptors (Lipinski definition) is 3. The number of para-hydroxylation sites is 1. The van der Waals surface area contributed by atoms with Crippen molar-refractivity contribution in [3.8, 4) is 0 Å². The van der Waals surface area contributed by atoms with E-state index in [-0.39, 0.29) is 22.6 Å². The number of carbonyl (C=O) groups excluding carboxylic acids is 1. The minimum atomic E-state index is -0.542. The number of carbonyl (C=O) groups is 1. The van der Waals surface area contributed by atoms with Gasteiger partial charge in [-0.2, -0.15) is 0 Å². The Hall–Kier alpha value is -2.34. The number of hydrogen-bond donors (Lipinski definition) is 1. The highest BCUT2D eigenvalue weighted by molar-refractivity contribution is 8.00. The summed E-state index contributed by atoms with van der Waals surface area (Å²) in [5, 5.41) is 3.75. The summed E-state index contributed by atoms with van der Waals surface area (Å²) < 4.78 is 32.3. The quantitative estimate of drug-likeness (QED) is 0.682. The molecule has 24 heavy (non-hydrogen) atoms. The first-order chi connectivity index (χ1) is 11.5. The zero-order valence-corrected chi connectivity index (χ0v) is 13.7. The van der Waals surface area contributed by atoms with Gasteiger partial charge in [-0.15, -0.1) is 11.8 Å². The van der Waals surface area contributed by atoms with Gasteiger partial charge in [-0.1, -0.05) is 18.2 Å². The fourth-order valence-corrected chi connectivity index (χ4v) is 3.07. The molecule has 0 saturated heterocycles. The molecule has 0 aliphatic heterocycles. The predicted molar refractivity (Wildman–Crippen MR) is 89.9 cm³/mol. The van der Waals surface area contributed by atoms with E-state index in [1.54, 1.807) is 0 Å². The smallest absolute Gasteiger partial charge is 0.230 e. The van der Waals surface area contributed by atoms with E-state index in [1.165, 1.54) is 0 Å². The first kappa shape index (κ1) is 16.5. The fraction of sp³-hybridized carbons (Fsp3) is 0.167. The zero-order chi connectivity index (χ0) is 17.1. The highest BCUT2D eigenvalue weighted by Crippen LogP contribution is 2.25. The molecule has 124 valence electrons. The Morgan fingerprint density at radius 3 is 2.79 bits per heavy atom. The number of benzene rings is 2. The largest absolute Gasteiger partial charge is 0.459 e. The molecule has 2 aromatic carbocycles. The molecule has 0 radical (unpaired) electrons. The van der Waals surface area contributed by atoms with E-state index < -0.39 is 11.6 Å². The first-order valence-corrected chi connectivity index (χ1v) is 8.37. The monoisotopic (exact) mass is 347 g/mol. The van der Waals surface area contributed by atoms with E-state index in [0.717, 1.165) is 40.9 Å². The zero-order valence-electron chi connectivity index (χ0n) is 12.9. The van der Waals surface area contributed by atoms with Crippen molar-refractivity contribution < 1.29 is 18.0 Å². The van der Waals surface area contributed by atoms with Crippen LogP contribution in [0.4, 0.5) is 8.78 Å². The van der Waals surface area contributed by atoms with Crippen molar-refractivity contribution in [2.75, 3.05) is 5.75 Å². The van der Waals surface area contributed by atoms with Crippen molar-refractivity contribution in [2.24, 2.45) is 0 Å². The van der Waals surface area contributed by atoms with Crippen molar-refractivity contribution in [2.45, 2.75) is 17.9 Å². The summed E-state index contributed by atoms with van der Waals surface area (Å²) in [7, 11) is 0. The van der Waals surface area contributed by atoms with Crippen LogP contribution >= 0.6 is 11.8 Å². The molecule has 1 amide bonds. The summed E-state index contributed by atoms with van der Waals surface area (Å²) in [6.45, 7) is 1.81. The van der Waals surface area contributed by atoms with Gasteiger partial charge in [0.25, 0.3) is 0 Å². The van der Waals surface area contributed by atoms with Crippen molar-refractivity contribution in [1.29, 1.82) is 0 Å². The van der Waals surface area contributed by atoms with Gasteiger partial charge in [0, 0.05) is 10.3 Å². The SMILES string of the molecule is C[C@H](NC(=O)CSc1cc(F)ccc1F)c1cc2ccccc2o1. The van der Waals surface area contributed by atoms with Gasteiger partial charge in [0.15, 0.2) is 0 Å². The maximum absolute atomic E-state index is 13.5. The lowest BCUT2D eigenvalue weighted by Gasteiger charge is -2.11. The summed E-state index contributed by atoms with van der Waals surface area (Å²) in [6, 6.07) is 12.3. The van der Waals surface area contributed by atoms with E-state index in [0.29, 0.717) is 5.76 Å². The van der Waals surface area contributed by atoms with Gasteiger partial charge < -0.3 is 9.73 Å². The second-order valence-electron chi connectivity index (χ2n) is 5.34. The molecule has 1 heterocycles. The van der Waals surface area contributed by atoms with Crippen molar-refractivity contribution in [3.05, 3.63) is 65.9 Å². The molecule has 3 nitrogen and oxygen atoms in total. The lowest BCUT2D eigenvalue weighted by Crippen LogP contribution is -2.27. The number of thioether (sulfide) groups is 1. The molecule has 0 bridgehead atoms. The summed E-state index contributed by atoms with van der Waals surface area (Å²) in [5.41, 5.74) is 0.754. The van der Waals surface area contributed by atoms with Gasteiger partial charge in [-0.3, -0.25) is 4.79 Å². The van der Waals surface area contributed by atoms with Crippen LogP contribution in [0, 0.1) is 11.6 Å². The number of fused-ring (bicyclic) bond motifs is 1. The average Bonchev–Trinajstić information content (AvgIpc) is 3.00. The van der Waals surface area contributed by atoms with Gasteiger partial charge >= 0.3 is 0 Å². The molecule has 0 saturated carbocycles. The molecular weight excluding hydrogens is 332 g/mol. The molecule has 6 heteroatoms. The molecule has 1 atom stereocenters. The number of amides is 1. The molecule has 0 aliphatic rings. The Morgan fingerprint density at radius 1 is 1.21 bits per heavy atom. The van der Waals surface area contributed by atoms with E-state index in [2.05, 4.69) is 5.32 Å². The fourth-order valence-electron chi connectivity index (χ4n) is 2.30. The summed E-state index contributed by atoms with van der Waals surface area (Å²) >= 11 is 0.954. The van der Waals surface area contributed by atoms with Gasteiger partial charge in [0.2, 0.25) is 5.91 Å². The topological polar surface area (TPSA) is 42.2 Å². The van der Waals surface area contributed by atoms with Crippen LogP contribution in [0.5, 0.6) is 0 Å². The Bertz CT molecular complexity index is 845. The van der Waals surface area contributed by atoms with Gasteiger partial charge in [-0.25, -0.2) is 8.78 Å². The van der Waals surface area contributed by atoms with Crippen LogP contribution in [0.15, 0.2) is 57.8 Å². The van der Waals surface area contributed by atoms with Crippen molar-refractivity contribution in [1.82, 2.24) is 5.32 Å². The standard InChI is InChI=1S/C18H15F2NO2S/c1-11(16-8-12-4-2-3-5-15(12)23-16)21-18(22)10-24-17-9-13(19)6-7-14(17)20/h2-9,11H,10H2,1H3,(H,21,22)/t11-/m0/s1. The molecule has 1 N–H and O–H groups in total. The Kier molecular flexibility index (Phi) is 4.85. The number of rotatable bonds is 5. The third kappa shape index (κ3) is 3.76. The number of furan rings is 1. The first-order valence-electron chi connectivity index (χ1n) is 7.38. The second kappa shape index (κ2) is 7.05. The normalized spacial score (nSPS) is 12.3. The Morgan fingerprint density at radius 2 is 2.00 bits per heavy atom. The molecule has 3 aromatic rings. The predicted octanol–water partition coefficient (Wildman–Crippen LogP) is 4.68. The van der Waals surface area contributed by atoms with Crippen molar-refractivity contribution in [3.63, 3.8) is 0 Å². The maximum Gasteiger partial charge on any atom is 0.230 e. The van der Waals surface area contributed by atoms with Crippen LogP contribution in [0.2, 0.25) is 0 Å². The summed E-state index contributed by atoms with van der Waals surface area (Å²) in [6.07, 6.45) is 0. The lowest BCUT2D eigenvalue weighted by atomic mass is 10.2. The molecular formula is C18H15F2NO2S.